The first-order valence-corrected chi connectivity index (χ1v) is 14.9. The lowest BCUT2D eigenvalue weighted by Crippen LogP contribution is -2.32. The highest BCUT2D eigenvalue weighted by Crippen LogP contribution is 2.27. The van der Waals surface area contributed by atoms with E-state index >= 15 is 0 Å². The molecule has 0 saturated heterocycles. The number of rotatable bonds is 11. The van der Waals surface area contributed by atoms with Gasteiger partial charge in [-0.1, -0.05) is 55.5 Å². The number of hydrogen-bond acceptors (Lipinski definition) is 7. The predicted molar refractivity (Wildman–Crippen MR) is 152 cm³/mol. The van der Waals surface area contributed by atoms with Crippen molar-refractivity contribution in [1.82, 2.24) is 14.3 Å². The average molecular weight is 565 g/mol. The van der Waals surface area contributed by atoms with Crippen LogP contribution in [0.1, 0.15) is 52.0 Å². The zero-order valence-electron chi connectivity index (χ0n) is 21.5. The van der Waals surface area contributed by atoms with Crippen LogP contribution in [0, 0.1) is 0 Å². The van der Waals surface area contributed by atoms with Gasteiger partial charge in [0.05, 0.1) is 24.1 Å². The number of carbonyl (C=O) groups is 3. The number of anilines is 1. The highest BCUT2D eigenvalue weighted by molar-refractivity contribution is 7.89. The van der Waals surface area contributed by atoms with Gasteiger partial charge >= 0.3 is 0 Å². The van der Waals surface area contributed by atoms with Crippen LogP contribution in [0.3, 0.4) is 0 Å². The van der Waals surface area contributed by atoms with Crippen LogP contribution < -0.4 is 10.6 Å². The number of carbonyl (C=O) groups excluding carboxylic acids is 3. The van der Waals surface area contributed by atoms with Crippen LogP contribution in [0.15, 0.2) is 78.4 Å². The highest BCUT2D eigenvalue weighted by atomic mass is 32.2. The van der Waals surface area contributed by atoms with E-state index in [2.05, 4.69) is 34.7 Å². The lowest BCUT2D eigenvalue weighted by molar-refractivity contribution is -0.115. The minimum Gasteiger partial charge on any atom is -0.343 e. The van der Waals surface area contributed by atoms with Crippen molar-refractivity contribution in [1.29, 1.82) is 0 Å². The zero-order chi connectivity index (χ0) is 28.0. The van der Waals surface area contributed by atoms with E-state index in [-0.39, 0.29) is 23.8 Å². The predicted octanol–water partition coefficient (Wildman–Crippen LogP) is 4.55. The molecular weight excluding hydrogens is 536 g/mol. The first kappa shape index (κ1) is 27.9. The van der Waals surface area contributed by atoms with E-state index < -0.39 is 21.8 Å². The topological polar surface area (TPSA) is 127 Å². The highest BCUT2D eigenvalue weighted by Gasteiger charge is 2.15. The minimum atomic E-state index is -3.50. The minimum absolute atomic E-state index is 0.0611. The molecule has 2 N–H and O–H groups in total. The molecule has 0 aliphatic heterocycles. The van der Waals surface area contributed by atoms with E-state index in [1.165, 1.54) is 35.4 Å². The molecule has 0 fully saturated rings. The first-order valence-electron chi connectivity index (χ1n) is 12.2. The van der Waals surface area contributed by atoms with Gasteiger partial charge in [-0.15, -0.1) is 11.3 Å². The van der Waals surface area contributed by atoms with Crippen molar-refractivity contribution in [3.05, 3.63) is 95.1 Å². The van der Waals surface area contributed by atoms with Crippen LogP contribution in [0.25, 0.3) is 11.3 Å². The van der Waals surface area contributed by atoms with Crippen molar-refractivity contribution < 1.29 is 22.8 Å². The summed E-state index contributed by atoms with van der Waals surface area (Å²) in [6.45, 7) is 1.80. The van der Waals surface area contributed by atoms with Gasteiger partial charge < -0.3 is 10.6 Å². The summed E-state index contributed by atoms with van der Waals surface area (Å²) in [4.78, 5) is 41.9. The Kier molecular flexibility index (Phi) is 8.72. The number of ketones is 1. The molecule has 0 aliphatic carbocycles. The van der Waals surface area contributed by atoms with Crippen molar-refractivity contribution >= 4 is 44.1 Å². The molecule has 0 saturated carbocycles. The number of amides is 2. The Balaban J connectivity index is 1.31. The van der Waals surface area contributed by atoms with Crippen molar-refractivity contribution in [2.45, 2.75) is 25.7 Å². The second-order valence-electron chi connectivity index (χ2n) is 9.12. The summed E-state index contributed by atoms with van der Waals surface area (Å²) in [5.41, 5.74) is 3.32. The van der Waals surface area contributed by atoms with E-state index in [0.717, 1.165) is 22.2 Å². The number of aromatic nitrogens is 2. The van der Waals surface area contributed by atoms with Crippen molar-refractivity contribution in [2.24, 2.45) is 0 Å². The molecule has 0 bridgehead atoms. The lowest BCUT2D eigenvalue weighted by atomic mass is 9.93. The van der Waals surface area contributed by atoms with Crippen LogP contribution in [-0.2, 0) is 14.8 Å². The number of nitrogens with zero attached hydrogens (tertiary/aromatic N) is 2. The van der Waals surface area contributed by atoms with Gasteiger partial charge in [0.2, 0.25) is 15.9 Å². The van der Waals surface area contributed by atoms with Gasteiger partial charge in [-0.2, -0.15) is 0 Å². The maximum absolute atomic E-state index is 12.9. The largest absolute Gasteiger partial charge is 0.343 e. The normalized spacial score (nSPS) is 12.1. The van der Waals surface area contributed by atoms with E-state index in [1.54, 1.807) is 17.5 Å². The van der Waals surface area contributed by atoms with Gasteiger partial charge in [-0.25, -0.2) is 13.4 Å². The molecule has 2 aromatic heterocycles. The summed E-state index contributed by atoms with van der Waals surface area (Å²) < 4.78 is 24.0. The maximum atomic E-state index is 12.9. The molecule has 202 valence electrons. The van der Waals surface area contributed by atoms with Gasteiger partial charge in [0.1, 0.15) is 0 Å². The summed E-state index contributed by atoms with van der Waals surface area (Å²) in [7, 11) is -3.50. The molecule has 2 aromatic carbocycles. The molecular formula is C28H28N4O5S2. The van der Waals surface area contributed by atoms with Gasteiger partial charge in [-0.3, -0.25) is 18.4 Å². The molecule has 1 unspecified atom stereocenters. The molecule has 2 amide bonds. The van der Waals surface area contributed by atoms with E-state index in [1.807, 2.05) is 30.3 Å². The third-order valence-electron chi connectivity index (χ3n) is 6.13. The summed E-state index contributed by atoms with van der Waals surface area (Å²) in [6.07, 6.45) is 4.64. The smallest absolute Gasteiger partial charge is 0.253 e. The molecule has 4 rings (SSSR count). The molecule has 4 aromatic rings. The summed E-state index contributed by atoms with van der Waals surface area (Å²) >= 11 is 1.22. The van der Waals surface area contributed by atoms with Crippen LogP contribution in [-0.4, -0.2) is 47.8 Å². The standard InChI is InChI=1S/C28H28N4O5S2/c1-19(20-7-4-3-5-8-20)11-12-25(33)22-10-6-9-21(15-22)24-18-38-28(30-24)31-26(34)16-29-27(35)23-13-14-32(17-23)39(2,36)37/h3-10,13-15,17-19H,11-12,16H2,1-2H3,(H,29,35)(H,30,31,34). The quantitative estimate of drug-likeness (QED) is 0.257. The fourth-order valence-electron chi connectivity index (χ4n) is 3.90. The average Bonchev–Trinajstić information content (AvgIpc) is 3.61. The first-order chi connectivity index (χ1) is 18.6. The van der Waals surface area contributed by atoms with Crippen LogP contribution in [0.2, 0.25) is 0 Å². The Morgan fingerprint density at radius 1 is 1.03 bits per heavy atom. The third kappa shape index (κ3) is 7.49. The number of benzene rings is 2. The van der Waals surface area contributed by atoms with Crippen molar-refractivity contribution in [3.8, 4) is 11.3 Å². The summed E-state index contributed by atoms with van der Waals surface area (Å²) in [6, 6.07) is 18.7. The van der Waals surface area contributed by atoms with E-state index in [4.69, 9.17) is 0 Å². The van der Waals surface area contributed by atoms with Crippen molar-refractivity contribution in [3.63, 3.8) is 0 Å². The SMILES string of the molecule is CC(CCC(=O)c1cccc(-c2csc(NC(=O)CNC(=O)c3ccn(S(C)(=O)=O)c3)n2)c1)c1ccccc1. The van der Waals surface area contributed by atoms with Gasteiger partial charge in [0, 0.05) is 35.3 Å². The zero-order valence-corrected chi connectivity index (χ0v) is 23.1. The fourth-order valence-corrected chi connectivity index (χ4v) is 5.22. The number of nitrogens with one attached hydrogen (secondary N) is 2. The second kappa shape index (κ2) is 12.2. The van der Waals surface area contributed by atoms with Gasteiger partial charge in [-0.05, 0) is 30.0 Å². The number of Topliss-reactive ketones (excluding diaryl/α,β-unsaturated/α-hetero) is 1. The monoisotopic (exact) mass is 564 g/mol. The number of hydrogen-bond donors (Lipinski definition) is 2. The Morgan fingerprint density at radius 3 is 2.51 bits per heavy atom. The molecule has 0 aliphatic rings. The lowest BCUT2D eigenvalue weighted by Gasteiger charge is -2.11. The van der Waals surface area contributed by atoms with E-state index in [9.17, 15) is 22.8 Å². The number of thiazole rings is 1. The fraction of sp³-hybridized carbons (Fsp3) is 0.214. The van der Waals surface area contributed by atoms with Crippen LogP contribution in [0.4, 0.5) is 5.13 Å². The third-order valence-corrected chi connectivity index (χ3v) is 7.88. The second-order valence-corrected chi connectivity index (χ2v) is 11.9. The van der Waals surface area contributed by atoms with Crippen molar-refractivity contribution in [2.75, 3.05) is 18.1 Å². The van der Waals surface area contributed by atoms with E-state index in [0.29, 0.717) is 22.8 Å². The maximum Gasteiger partial charge on any atom is 0.253 e. The molecule has 0 spiro atoms. The Labute approximate surface area is 231 Å². The molecule has 39 heavy (non-hydrogen) atoms. The molecule has 2 heterocycles. The molecule has 0 radical (unpaired) electrons. The molecule has 1 atom stereocenters. The summed E-state index contributed by atoms with van der Waals surface area (Å²) in [5, 5.41) is 7.22. The van der Waals surface area contributed by atoms with Gasteiger partial charge in [0.15, 0.2) is 10.9 Å². The Hall–Kier alpha value is -4.09. The Morgan fingerprint density at radius 2 is 1.79 bits per heavy atom. The van der Waals surface area contributed by atoms with Crippen LogP contribution >= 0.6 is 11.3 Å². The molecule has 11 heteroatoms. The van der Waals surface area contributed by atoms with Crippen LogP contribution in [0.5, 0.6) is 0 Å². The summed E-state index contributed by atoms with van der Waals surface area (Å²) in [5.74, 6) is -0.720. The molecule has 9 nitrogen and oxygen atoms in total. The van der Waals surface area contributed by atoms with Gasteiger partial charge in [0.25, 0.3) is 5.91 Å². The Bertz CT molecular complexity index is 1590.